The van der Waals surface area contributed by atoms with E-state index in [1.54, 1.807) is 30.3 Å². The molecule has 1 aromatic rings. The van der Waals surface area contributed by atoms with Crippen LogP contribution in [0.2, 0.25) is 0 Å². The monoisotopic (exact) mass is 378 g/mol. The standard InChI is InChI=1S/C17H18N2O6S/c1-24-15-4-2-12(3-5-15)8-13(9-18)17(21)25-10-16(20)19-14-6-7-26(22,23)11-14/h2-5,8,14H,6-7,10-11H2,1H3,(H,19,20)/b13-8+. The van der Waals surface area contributed by atoms with Gasteiger partial charge in [0, 0.05) is 6.04 Å². The van der Waals surface area contributed by atoms with Crippen LogP contribution in [0.1, 0.15) is 12.0 Å². The summed E-state index contributed by atoms with van der Waals surface area (Å²) in [5.74, 6) is -0.998. The Balaban J connectivity index is 1.89. The van der Waals surface area contributed by atoms with Crippen molar-refractivity contribution in [2.45, 2.75) is 12.5 Å². The van der Waals surface area contributed by atoms with Gasteiger partial charge in [-0.25, -0.2) is 13.2 Å². The Bertz CT molecular complexity index is 852. The second kappa shape index (κ2) is 8.49. The summed E-state index contributed by atoms with van der Waals surface area (Å²) in [5, 5.41) is 11.6. The van der Waals surface area contributed by atoms with Gasteiger partial charge < -0.3 is 14.8 Å². The van der Waals surface area contributed by atoms with Gasteiger partial charge in [0.15, 0.2) is 16.4 Å². The molecule has 0 bridgehead atoms. The van der Waals surface area contributed by atoms with Crippen LogP contribution in [0.5, 0.6) is 5.75 Å². The van der Waals surface area contributed by atoms with Crippen LogP contribution in [0, 0.1) is 11.3 Å². The van der Waals surface area contributed by atoms with Gasteiger partial charge >= 0.3 is 5.97 Å². The Kier molecular flexibility index (Phi) is 6.36. The molecule has 1 fully saturated rings. The minimum Gasteiger partial charge on any atom is -0.497 e. The first-order valence-electron chi connectivity index (χ1n) is 7.76. The molecule has 1 saturated heterocycles. The van der Waals surface area contributed by atoms with Crippen molar-refractivity contribution in [1.82, 2.24) is 5.32 Å². The first-order chi connectivity index (χ1) is 12.3. The second-order valence-corrected chi connectivity index (χ2v) is 7.92. The van der Waals surface area contributed by atoms with Crippen LogP contribution in [0.3, 0.4) is 0 Å². The first-order valence-corrected chi connectivity index (χ1v) is 9.58. The van der Waals surface area contributed by atoms with E-state index in [9.17, 15) is 18.0 Å². The number of methoxy groups -OCH3 is 1. The molecule has 1 aliphatic rings. The van der Waals surface area contributed by atoms with Crippen LogP contribution in [0.25, 0.3) is 6.08 Å². The largest absolute Gasteiger partial charge is 0.497 e. The van der Waals surface area contributed by atoms with Crippen molar-refractivity contribution in [3.8, 4) is 11.8 Å². The molecule has 1 aromatic carbocycles. The van der Waals surface area contributed by atoms with Gasteiger partial charge in [-0.15, -0.1) is 0 Å². The number of benzene rings is 1. The highest BCUT2D eigenvalue weighted by Crippen LogP contribution is 2.14. The summed E-state index contributed by atoms with van der Waals surface area (Å²) in [7, 11) is -1.59. The highest BCUT2D eigenvalue weighted by atomic mass is 32.2. The predicted octanol–water partition coefficient (Wildman–Crippen LogP) is 0.449. The van der Waals surface area contributed by atoms with Crippen molar-refractivity contribution in [2.75, 3.05) is 25.2 Å². The van der Waals surface area contributed by atoms with E-state index in [2.05, 4.69) is 5.32 Å². The lowest BCUT2D eigenvalue weighted by Gasteiger charge is -2.10. The number of esters is 1. The van der Waals surface area contributed by atoms with E-state index in [0.29, 0.717) is 17.7 Å². The molecule has 0 spiro atoms. The molecular formula is C17H18N2O6S. The molecule has 0 aromatic heterocycles. The molecule has 138 valence electrons. The Morgan fingerprint density at radius 1 is 1.35 bits per heavy atom. The van der Waals surface area contributed by atoms with Crippen molar-refractivity contribution in [3.63, 3.8) is 0 Å². The number of hydrogen-bond donors (Lipinski definition) is 1. The summed E-state index contributed by atoms with van der Waals surface area (Å²) >= 11 is 0. The SMILES string of the molecule is COc1ccc(/C=C(\C#N)C(=O)OCC(=O)NC2CCS(=O)(=O)C2)cc1. The summed E-state index contributed by atoms with van der Waals surface area (Å²) in [5.41, 5.74) is 0.339. The number of nitrogens with zero attached hydrogens (tertiary/aromatic N) is 1. The van der Waals surface area contributed by atoms with E-state index in [4.69, 9.17) is 14.7 Å². The quantitative estimate of drug-likeness (QED) is 0.433. The summed E-state index contributed by atoms with van der Waals surface area (Å²) in [6.07, 6.45) is 1.67. The van der Waals surface area contributed by atoms with Gasteiger partial charge in [-0.1, -0.05) is 12.1 Å². The highest BCUT2D eigenvalue weighted by molar-refractivity contribution is 7.91. The molecule has 8 nitrogen and oxygen atoms in total. The predicted molar refractivity (Wildman–Crippen MR) is 92.7 cm³/mol. The molecular weight excluding hydrogens is 360 g/mol. The fourth-order valence-electron chi connectivity index (χ4n) is 2.39. The fourth-order valence-corrected chi connectivity index (χ4v) is 4.06. The van der Waals surface area contributed by atoms with E-state index in [1.165, 1.54) is 13.2 Å². The number of hydrogen-bond acceptors (Lipinski definition) is 7. The van der Waals surface area contributed by atoms with E-state index in [-0.39, 0.29) is 17.1 Å². The summed E-state index contributed by atoms with van der Waals surface area (Å²) in [4.78, 5) is 23.7. The normalized spacial score (nSPS) is 18.6. The van der Waals surface area contributed by atoms with Crippen molar-refractivity contribution in [2.24, 2.45) is 0 Å². The van der Waals surface area contributed by atoms with E-state index < -0.39 is 34.4 Å². The number of nitriles is 1. The zero-order valence-corrected chi connectivity index (χ0v) is 14.9. The zero-order chi connectivity index (χ0) is 19.2. The number of amides is 1. The topological polar surface area (TPSA) is 123 Å². The minimum absolute atomic E-state index is 0.0287. The maximum Gasteiger partial charge on any atom is 0.349 e. The minimum atomic E-state index is -3.11. The smallest absolute Gasteiger partial charge is 0.349 e. The second-order valence-electron chi connectivity index (χ2n) is 5.69. The number of sulfone groups is 1. The maximum atomic E-state index is 11.9. The van der Waals surface area contributed by atoms with Crippen LogP contribution in [0.15, 0.2) is 29.8 Å². The summed E-state index contributed by atoms with van der Waals surface area (Å²) in [6, 6.07) is 7.93. The third-order valence-electron chi connectivity index (χ3n) is 3.70. The Morgan fingerprint density at radius 3 is 2.58 bits per heavy atom. The van der Waals surface area contributed by atoms with Crippen molar-refractivity contribution in [3.05, 3.63) is 35.4 Å². The molecule has 1 N–H and O–H groups in total. The number of ether oxygens (including phenoxy) is 2. The van der Waals surface area contributed by atoms with E-state index >= 15 is 0 Å². The lowest BCUT2D eigenvalue weighted by Crippen LogP contribution is -2.38. The van der Waals surface area contributed by atoms with Crippen molar-refractivity contribution < 1.29 is 27.5 Å². The molecule has 26 heavy (non-hydrogen) atoms. The molecule has 1 atom stereocenters. The summed E-state index contributed by atoms with van der Waals surface area (Å²) in [6.45, 7) is -0.586. The van der Waals surface area contributed by atoms with E-state index in [0.717, 1.165) is 0 Å². The molecule has 0 saturated carbocycles. The van der Waals surface area contributed by atoms with Gasteiger partial charge in [-0.2, -0.15) is 5.26 Å². The zero-order valence-electron chi connectivity index (χ0n) is 14.1. The average molecular weight is 378 g/mol. The summed E-state index contributed by atoms with van der Waals surface area (Å²) < 4.78 is 32.5. The Hall–Kier alpha value is -2.86. The number of nitrogens with one attached hydrogen (secondary N) is 1. The lowest BCUT2D eigenvalue weighted by atomic mass is 10.1. The number of carbonyl (C=O) groups is 2. The highest BCUT2D eigenvalue weighted by Gasteiger charge is 2.29. The van der Waals surface area contributed by atoms with Gasteiger partial charge in [0.1, 0.15) is 17.4 Å². The van der Waals surface area contributed by atoms with Gasteiger partial charge in [0.25, 0.3) is 5.91 Å². The fraction of sp³-hybridized carbons (Fsp3) is 0.353. The molecule has 0 aliphatic carbocycles. The third kappa shape index (κ3) is 5.60. The Morgan fingerprint density at radius 2 is 2.04 bits per heavy atom. The van der Waals surface area contributed by atoms with Crippen LogP contribution in [0.4, 0.5) is 0 Å². The average Bonchev–Trinajstić information content (AvgIpc) is 2.96. The van der Waals surface area contributed by atoms with Crippen LogP contribution in [-0.4, -0.2) is 51.6 Å². The van der Waals surface area contributed by atoms with Gasteiger partial charge in [-0.05, 0) is 30.2 Å². The number of carbonyl (C=O) groups excluding carboxylic acids is 2. The van der Waals surface area contributed by atoms with Crippen LogP contribution < -0.4 is 10.1 Å². The van der Waals surface area contributed by atoms with E-state index in [1.807, 2.05) is 0 Å². The van der Waals surface area contributed by atoms with Gasteiger partial charge in [0.2, 0.25) is 0 Å². The number of rotatable bonds is 6. The molecule has 1 heterocycles. The first kappa shape index (κ1) is 19.5. The van der Waals surface area contributed by atoms with Crippen molar-refractivity contribution in [1.29, 1.82) is 5.26 Å². The molecule has 0 radical (unpaired) electrons. The van der Waals surface area contributed by atoms with Gasteiger partial charge in [0.05, 0.1) is 18.6 Å². The molecule has 2 rings (SSSR count). The maximum absolute atomic E-state index is 11.9. The van der Waals surface area contributed by atoms with Crippen molar-refractivity contribution >= 4 is 27.8 Å². The van der Waals surface area contributed by atoms with Crippen LogP contribution in [-0.2, 0) is 24.2 Å². The Labute approximate surface area is 151 Å². The molecule has 1 unspecified atom stereocenters. The molecule has 9 heteroatoms. The third-order valence-corrected chi connectivity index (χ3v) is 5.47. The van der Waals surface area contributed by atoms with Gasteiger partial charge in [-0.3, -0.25) is 4.79 Å². The lowest BCUT2D eigenvalue weighted by molar-refractivity contribution is -0.144. The molecule has 1 aliphatic heterocycles. The molecule has 1 amide bonds. The van der Waals surface area contributed by atoms with Crippen LogP contribution >= 0.6 is 0 Å².